The Morgan fingerprint density at radius 2 is 2.03 bits per heavy atom. The summed E-state index contributed by atoms with van der Waals surface area (Å²) in [7, 11) is 1.63. The molecule has 8 heteroatoms. The number of carbonyl (C=O) groups is 2. The van der Waals surface area contributed by atoms with Gasteiger partial charge in [0, 0.05) is 48.3 Å². The molecule has 2 aliphatic rings. The Bertz CT molecular complexity index is 1400. The molecule has 0 radical (unpaired) electrons. The summed E-state index contributed by atoms with van der Waals surface area (Å²) in [5.74, 6) is 1.89. The number of ether oxygens (including phenoxy) is 2. The minimum absolute atomic E-state index is 0.00108. The van der Waals surface area contributed by atoms with Gasteiger partial charge in [0.25, 0.3) is 0 Å². The highest BCUT2D eigenvalue weighted by atomic mass is 35.5. The van der Waals surface area contributed by atoms with Crippen molar-refractivity contribution in [3.8, 4) is 17.2 Å². The Kier molecular flexibility index (Phi) is 6.65. The topological polar surface area (TPSA) is 80.8 Å². The zero-order valence-electron chi connectivity index (χ0n) is 19.9. The van der Waals surface area contributed by atoms with Crippen molar-refractivity contribution >= 4 is 45.6 Å². The first-order chi connectivity index (χ1) is 17.5. The van der Waals surface area contributed by atoms with Gasteiger partial charge in [0.05, 0.1) is 23.3 Å². The molecule has 5 rings (SSSR count). The maximum Gasteiger partial charge on any atom is 0.246 e. The lowest BCUT2D eigenvalue weighted by molar-refractivity contribution is -0.125. The highest BCUT2D eigenvalue weighted by Crippen LogP contribution is 2.39. The number of rotatable bonds is 7. The lowest BCUT2D eigenvalue weighted by Gasteiger charge is -2.26. The summed E-state index contributed by atoms with van der Waals surface area (Å²) < 4.78 is 11.9. The van der Waals surface area contributed by atoms with Gasteiger partial charge in [0.2, 0.25) is 11.8 Å². The molecule has 0 spiro atoms. The van der Waals surface area contributed by atoms with Crippen LogP contribution in [-0.2, 0) is 9.59 Å². The van der Waals surface area contributed by atoms with E-state index in [-0.39, 0.29) is 17.7 Å². The van der Waals surface area contributed by atoms with Crippen LogP contribution in [-0.4, -0.2) is 41.9 Å². The number of anilines is 1. The van der Waals surface area contributed by atoms with Crippen molar-refractivity contribution in [1.29, 1.82) is 0 Å². The Labute approximate surface area is 214 Å². The fraction of sp³-hybridized carbons (Fsp3) is 0.250. The number of nitrogens with one attached hydrogen (secondary N) is 1. The van der Waals surface area contributed by atoms with Crippen LogP contribution in [0.15, 0.2) is 61.3 Å². The van der Waals surface area contributed by atoms with Gasteiger partial charge < -0.3 is 19.7 Å². The van der Waals surface area contributed by atoms with Gasteiger partial charge in [-0.3, -0.25) is 14.6 Å². The third kappa shape index (κ3) is 4.93. The molecule has 36 heavy (non-hydrogen) atoms. The molecule has 0 unspecified atom stereocenters. The minimum atomic E-state index is -0.0764. The molecule has 1 aliphatic heterocycles. The number of benzene rings is 2. The number of hydrogen-bond donors (Lipinski definition) is 1. The van der Waals surface area contributed by atoms with Crippen LogP contribution in [0.5, 0.6) is 17.2 Å². The molecule has 1 aromatic heterocycles. The van der Waals surface area contributed by atoms with E-state index < -0.39 is 0 Å². The van der Waals surface area contributed by atoms with Crippen molar-refractivity contribution < 1.29 is 19.1 Å². The van der Waals surface area contributed by atoms with Crippen molar-refractivity contribution in [2.24, 2.45) is 5.92 Å². The average molecular weight is 504 g/mol. The molecule has 7 nitrogen and oxygen atoms in total. The maximum absolute atomic E-state index is 12.1. The molecule has 1 fully saturated rings. The molecule has 2 heterocycles. The van der Waals surface area contributed by atoms with E-state index in [0.29, 0.717) is 47.5 Å². The lowest BCUT2D eigenvalue weighted by atomic mass is 9.96. The highest BCUT2D eigenvalue weighted by molar-refractivity contribution is 6.33. The third-order valence-corrected chi connectivity index (χ3v) is 6.75. The van der Waals surface area contributed by atoms with E-state index >= 15 is 0 Å². The van der Waals surface area contributed by atoms with Gasteiger partial charge in [-0.2, -0.15) is 0 Å². The molecular formula is C28H26ClN3O4. The zero-order valence-corrected chi connectivity index (χ0v) is 20.7. The van der Waals surface area contributed by atoms with Crippen LogP contribution in [0.25, 0.3) is 16.5 Å². The molecule has 2 amide bonds. The standard InChI is InChI=1S/C28H26ClN3O4/c1-3-27(33)32-12-9-17(10-13-32)20-15-21-24(16-26(20)35-2)30-11-8-25(21)36-19-6-7-23(22(29)14-19)31-28(34)18-4-5-18/h3,6-9,11,14-16,18H,1,4-5,10,12-13H2,2H3,(H,31,34). The van der Waals surface area contributed by atoms with Gasteiger partial charge in [-0.25, -0.2) is 0 Å². The molecule has 1 aliphatic carbocycles. The van der Waals surface area contributed by atoms with Gasteiger partial charge in [0.15, 0.2) is 0 Å². The Balaban J connectivity index is 1.44. The average Bonchev–Trinajstić information content (AvgIpc) is 3.75. The quantitative estimate of drug-likeness (QED) is 0.410. The fourth-order valence-corrected chi connectivity index (χ4v) is 4.49. The lowest BCUT2D eigenvalue weighted by Crippen LogP contribution is -2.33. The summed E-state index contributed by atoms with van der Waals surface area (Å²) in [6.07, 6.45) is 7.61. The van der Waals surface area contributed by atoms with Crippen molar-refractivity contribution in [3.63, 3.8) is 0 Å². The number of fused-ring (bicyclic) bond motifs is 1. The number of carbonyl (C=O) groups excluding carboxylic acids is 2. The Morgan fingerprint density at radius 3 is 2.69 bits per heavy atom. The van der Waals surface area contributed by atoms with E-state index in [1.165, 1.54) is 6.08 Å². The van der Waals surface area contributed by atoms with Crippen LogP contribution in [0.4, 0.5) is 5.69 Å². The maximum atomic E-state index is 12.1. The van der Waals surface area contributed by atoms with Gasteiger partial charge >= 0.3 is 0 Å². The second kappa shape index (κ2) is 10.0. The third-order valence-electron chi connectivity index (χ3n) is 6.44. The van der Waals surface area contributed by atoms with Crippen molar-refractivity contribution in [2.45, 2.75) is 19.3 Å². The normalized spacial score (nSPS) is 15.3. The molecule has 0 atom stereocenters. The van der Waals surface area contributed by atoms with Gasteiger partial charge in [-0.15, -0.1) is 0 Å². The number of aromatic nitrogens is 1. The smallest absolute Gasteiger partial charge is 0.246 e. The number of amides is 2. The largest absolute Gasteiger partial charge is 0.496 e. The van der Waals surface area contributed by atoms with E-state index in [0.717, 1.165) is 34.9 Å². The van der Waals surface area contributed by atoms with E-state index in [9.17, 15) is 9.59 Å². The summed E-state index contributed by atoms with van der Waals surface area (Å²) in [5, 5.41) is 4.11. The molecule has 0 saturated heterocycles. The first-order valence-corrected chi connectivity index (χ1v) is 12.2. The van der Waals surface area contributed by atoms with Gasteiger partial charge in [-0.05, 0) is 55.2 Å². The van der Waals surface area contributed by atoms with E-state index in [1.54, 1.807) is 42.5 Å². The number of hydrogen-bond acceptors (Lipinski definition) is 5. The summed E-state index contributed by atoms with van der Waals surface area (Å²) in [6.45, 7) is 4.69. The highest BCUT2D eigenvalue weighted by Gasteiger charge is 2.30. The zero-order chi connectivity index (χ0) is 25.2. The van der Waals surface area contributed by atoms with E-state index in [1.807, 2.05) is 18.2 Å². The van der Waals surface area contributed by atoms with Crippen LogP contribution in [0.1, 0.15) is 24.8 Å². The second-order valence-corrected chi connectivity index (χ2v) is 9.26. The summed E-state index contributed by atoms with van der Waals surface area (Å²) in [6, 6.07) is 10.9. The molecule has 1 N–H and O–H groups in total. The predicted octanol–water partition coefficient (Wildman–Crippen LogP) is 5.84. The second-order valence-electron chi connectivity index (χ2n) is 8.85. The summed E-state index contributed by atoms with van der Waals surface area (Å²) in [4.78, 5) is 30.3. The molecular weight excluding hydrogens is 478 g/mol. The molecule has 2 aromatic carbocycles. The number of nitrogens with zero attached hydrogens (tertiary/aromatic N) is 2. The van der Waals surface area contributed by atoms with Crippen LogP contribution in [0, 0.1) is 5.92 Å². The SMILES string of the molecule is C=CC(=O)N1CC=C(c2cc3c(Oc4ccc(NC(=O)C5CC5)c(Cl)c4)ccnc3cc2OC)CC1. The predicted molar refractivity (Wildman–Crippen MR) is 141 cm³/mol. The Morgan fingerprint density at radius 1 is 1.19 bits per heavy atom. The van der Waals surface area contributed by atoms with Crippen LogP contribution in [0.3, 0.4) is 0 Å². The first kappa shape index (κ1) is 23.9. The molecule has 0 bridgehead atoms. The molecule has 1 saturated carbocycles. The number of methoxy groups -OCH3 is 1. The van der Waals surface area contributed by atoms with E-state index in [2.05, 4.69) is 16.9 Å². The van der Waals surface area contributed by atoms with Crippen LogP contribution in [0.2, 0.25) is 5.02 Å². The number of halogens is 1. The van der Waals surface area contributed by atoms with Gasteiger partial charge in [0.1, 0.15) is 17.2 Å². The fourth-order valence-electron chi connectivity index (χ4n) is 4.27. The summed E-state index contributed by atoms with van der Waals surface area (Å²) in [5.41, 5.74) is 3.33. The Hall–Kier alpha value is -3.84. The molecule has 184 valence electrons. The number of pyridine rings is 1. The van der Waals surface area contributed by atoms with Crippen LogP contribution < -0.4 is 14.8 Å². The van der Waals surface area contributed by atoms with Crippen molar-refractivity contribution in [2.75, 3.05) is 25.5 Å². The van der Waals surface area contributed by atoms with Crippen molar-refractivity contribution in [3.05, 3.63) is 71.9 Å². The van der Waals surface area contributed by atoms with E-state index in [4.69, 9.17) is 21.1 Å². The molecule has 3 aromatic rings. The minimum Gasteiger partial charge on any atom is -0.496 e. The van der Waals surface area contributed by atoms with Gasteiger partial charge in [-0.1, -0.05) is 24.3 Å². The summed E-state index contributed by atoms with van der Waals surface area (Å²) >= 11 is 6.43. The first-order valence-electron chi connectivity index (χ1n) is 11.8. The van der Waals surface area contributed by atoms with Crippen molar-refractivity contribution in [1.82, 2.24) is 9.88 Å². The van der Waals surface area contributed by atoms with Crippen LogP contribution >= 0.6 is 11.6 Å². The monoisotopic (exact) mass is 503 g/mol.